The van der Waals surface area contributed by atoms with Gasteiger partial charge in [-0.05, 0) is 29.7 Å². The van der Waals surface area contributed by atoms with E-state index < -0.39 is 17.7 Å². The molecular formula is C18H17F2NO2. The molecule has 0 aliphatic heterocycles. The molecule has 0 aromatic heterocycles. The van der Waals surface area contributed by atoms with E-state index in [1.54, 1.807) is 12.2 Å². The summed E-state index contributed by atoms with van der Waals surface area (Å²) >= 11 is 0. The van der Waals surface area contributed by atoms with E-state index in [9.17, 15) is 13.6 Å². The maximum absolute atomic E-state index is 13.0. The van der Waals surface area contributed by atoms with Crippen molar-refractivity contribution < 1.29 is 18.3 Å². The number of ether oxygens (including phenoxy) is 1. The van der Waals surface area contributed by atoms with Gasteiger partial charge in [0.05, 0.1) is 0 Å². The van der Waals surface area contributed by atoms with Crippen molar-refractivity contribution in [2.24, 2.45) is 0 Å². The van der Waals surface area contributed by atoms with Crippen molar-refractivity contribution in [1.29, 1.82) is 0 Å². The van der Waals surface area contributed by atoms with Crippen LogP contribution in [0.15, 0.2) is 54.6 Å². The van der Waals surface area contributed by atoms with Crippen LogP contribution in [0.25, 0.3) is 6.08 Å². The van der Waals surface area contributed by atoms with E-state index in [2.05, 4.69) is 5.32 Å². The Morgan fingerprint density at radius 1 is 1.09 bits per heavy atom. The van der Waals surface area contributed by atoms with Gasteiger partial charge in [0.15, 0.2) is 11.6 Å². The highest BCUT2D eigenvalue weighted by Gasteiger charge is 2.01. The fourth-order valence-corrected chi connectivity index (χ4v) is 1.87. The monoisotopic (exact) mass is 317 g/mol. The zero-order chi connectivity index (χ0) is 16.5. The Hall–Kier alpha value is -2.69. The first kappa shape index (κ1) is 16.7. The Labute approximate surface area is 133 Å². The normalized spacial score (nSPS) is 10.7. The van der Waals surface area contributed by atoms with Gasteiger partial charge in [0.25, 0.3) is 0 Å². The van der Waals surface area contributed by atoms with Crippen molar-refractivity contribution >= 4 is 12.2 Å². The maximum Gasteiger partial charge on any atom is 0.407 e. The molecule has 23 heavy (non-hydrogen) atoms. The standard InChI is InChI=1S/C18H17F2NO2/c19-16-10-9-14(12-17(16)20)6-4-5-11-21-18(22)23-13-15-7-2-1-3-8-15/h1-4,6-10,12H,5,11,13H2,(H,21,22). The number of hydrogen-bond donors (Lipinski definition) is 1. The van der Waals surface area contributed by atoms with Crippen LogP contribution in [0.5, 0.6) is 0 Å². The number of benzene rings is 2. The molecule has 5 heteroatoms. The average molecular weight is 317 g/mol. The summed E-state index contributed by atoms with van der Waals surface area (Å²) in [4.78, 5) is 11.5. The number of alkyl carbamates (subject to hydrolysis) is 1. The number of halogens is 2. The van der Waals surface area contributed by atoms with Gasteiger partial charge in [0.2, 0.25) is 0 Å². The van der Waals surface area contributed by atoms with E-state index in [4.69, 9.17) is 4.74 Å². The molecule has 2 aromatic rings. The van der Waals surface area contributed by atoms with E-state index in [0.29, 0.717) is 18.5 Å². The molecule has 0 radical (unpaired) electrons. The van der Waals surface area contributed by atoms with Crippen LogP contribution in [0.4, 0.5) is 13.6 Å². The van der Waals surface area contributed by atoms with Gasteiger partial charge in [-0.1, -0.05) is 48.6 Å². The van der Waals surface area contributed by atoms with Gasteiger partial charge >= 0.3 is 6.09 Å². The highest BCUT2D eigenvalue weighted by molar-refractivity contribution is 5.67. The molecule has 3 nitrogen and oxygen atoms in total. The second-order valence-corrected chi connectivity index (χ2v) is 4.85. The van der Waals surface area contributed by atoms with Gasteiger partial charge in [0.1, 0.15) is 6.61 Å². The van der Waals surface area contributed by atoms with Gasteiger partial charge < -0.3 is 10.1 Å². The second kappa shape index (κ2) is 8.68. The van der Waals surface area contributed by atoms with Gasteiger partial charge in [-0.25, -0.2) is 13.6 Å². The lowest BCUT2D eigenvalue weighted by molar-refractivity contribution is 0.140. The van der Waals surface area contributed by atoms with E-state index >= 15 is 0 Å². The molecule has 0 saturated heterocycles. The summed E-state index contributed by atoms with van der Waals surface area (Å²) in [5.74, 6) is -1.75. The maximum atomic E-state index is 13.0. The molecule has 1 amide bonds. The van der Waals surface area contributed by atoms with Crippen molar-refractivity contribution in [3.63, 3.8) is 0 Å². The molecular weight excluding hydrogens is 300 g/mol. The largest absolute Gasteiger partial charge is 0.445 e. The molecule has 0 atom stereocenters. The van der Waals surface area contributed by atoms with Crippen LogP contribution in [0.3, 0.4) is 0 Å². The van der Waals surface area contributed by atoms with Crippen molar-refractivity contribution in [2.45, 2.75) is 13.0 Å². The first-order chi connectivity index (χ1) is 11.1. The molecule has 1 N–H and O–H groups in total. The van der Waals surface area contributed by atoms with E-state index in [1.807, 2.05) is 30.3 Å². The van der Waals surface area contributed by atoms with Crippen LogP contribution in [0.1, 0.15) is 17.5 Å². The SMILES string of the molecule is O=C(NCCC=Cc1ccc(F)c(F)c1)OCc1ccccc1. The van der Waals surface area contributed by atoms with Crippen LogP contribution >= 0.6 is 0 Å². The molecule has 120 valence electrons. The molecule has 0 fully saturated rings. The molecule has 2 aromatic carbocycles. The van der Waals surface area contributed by atoms with E-state index in [-0.39, 0.29) is 6.61 Å². The Balaban J connectivity index is 1.65. The predicted molar refractivity (Wildman–Crippen MR) is 84.6 cm³/mol. The average Bonchev–Trinajstić information content (AvgIpc) is 2.57. The fourth-order valence-electron chi connectivity index (χ4n) is 1.87. The lowest BCUT2D eigenvalue weighted by atomic mass is 10.2. The third kappa shape index (κ3) is 5.90. The highest BCUT2D eigenvalue weighted by Crippen LogP contribution is 2.10. The van der Waals surface area contributed by atoms with Gasteiger partial charge in [0, 0.05) is 6.54 Å². The zero-order valence-corrected chi connectivity index (χ0v) is 12.5. The minimum absolute atomic E-state index is 0.220. The third-order valence-electron chi connectivity index (χ3n) is 3.05. The summed E-state index contributed by atoms with van der Waals surface area (Å²) in [5.41, 5.74) is 1.48. The Bertz CT molecular complexity index is 672. The molecule has 0 spiro atoms. The molecule has 0 aliphatic carbocycles. The quantitative estimate of drug-likeness (QED) is 0.807. The molecule has 0 heterocycles. The molecule has 0 aliphatic rings. The van der Waals surface area contributed by atoms with Crippen LogP contribution in [0, 0.1) is 11.6 Å². The Morgan fingerprint density at radius 2 is 1.87 bits per heavy atom. The minimum Gasteiger partial charge on any atom is -0.445 e. The van der Waals surface area contributed by atoms with E-state index in [1.165, 1.54) is 6.07 Å². The van der Waals surface area contributed by atoms with Gasteiger partial charge in [-0.2, -0.15) is 0 Å². The predicted octanol–water partition coefficient (Wildman–Crippen LogP) is 4.29. The fraction of sp³-hybridized carbons (Fsp3) is 0.167. The smallest absolute Gasteiger partial charge is 0.407 e. The van der Waals surface area contributed by atoms with Crippen molar-refractivity contribution in [3.8, 4) is 0 Å². The molecule has 2 rings (SSSR count). The van der Waals surface area contributed by atoms with Crippen LogP contribution < -0.4 is 5.32 Å². The first-order valence-corrected chi connectivity index (χ1v) is 7.21. The summed E-state index contributed by atoms with van der Waals surface area (Å²) in [6.07, 6.45) is 3.50. The molecule has 0 saturated carbocycles. The van der Waals surface area contributed by atoms with Crippen molar-refractivity contribution in [2.75, 3.05) is 6.54 Å². The summed E-state index contributed by atoms with van der Waals surface area (Å²) in [6, 6.07) is 13.1. The molecule has 0 unspecified atom stereocenters. The number of rotatable bonds is 6. The van der Waals surface area contributed by atoms with Crippen LogP contribution in [-0.4, -0.2) is 12.6 Å². The Kier molecular flexibility index (Phi) is 6.29. The summed E-state index contributed by atoms with van der Waals surface area (Å²) in [7, 11) is 0. The van der Waals surface area contributed by atoms with Gasteiger partial charge in [-0.3, -0.25) is 0 Å². The lowest BCUT2D eigenvalue weighted by Gasteiger charge is -2.05. The lowest BCUT2D eigenvalue weighted by Crippen LogP contribution is -2.24. The molecule has 0 bridgehead atoms. The van der Waals surface area contributed by atoms with Crippen molar-refractivity contribution in [1.82, 2.24) is 5.32 Å². The highest BCUT2D eigenvalue weighted by atomic mass is 19.2. The number of carbonyl (C=O) groups excluding carboxylic acids is 1. The summed E-state index contributed by atoms with van der Waals surface area (Å²) < 4.78 is 30.8. The second-order valence-electron chi connectivity index (χ2n) is 4.85. The number of nitrogens with one attached hydrogen (secondary N) is 1. The van der Waals surface area contributed by atoms with Crippen molar-refractivity contribution in [3.05, 3.63) is 77.4 Å². The number of amides is 1. The minimum atomic E-state index is -0.880. The third-order valence-corrected chi connectivity index (χ3v) is 3.05. The number of hydrogen-bond acceptors (Lipinski definition) is 2. The summed E-state index contributed by atoms with van der Waals surface area (Å²) in [6.45, 7) is 0.616. The first-order valence-electron chi connectivity index (χ1n) is 7.21. The van der Waals surface area contributed by atoms with E-state index in [0.717, 1.165) is 17.7 Å². The zero-order valence-electron chi connectivity index (χ0n) is 12.5. The topological polar surface area (TPSA) is 38.3 Å². The van der Waals surface area contributed by atoms with Crippen LogP contribution in [0.2, 0.25) is 0 Å². The Morgan fingerprint density at radius 3 is 2.61 bits per heavy atom. The number of carbonyl (C=O) groups is 1. The summed E-state index contributed by atoms with van der Waals surface area (Å²) in [5, 5.41) is 2.61. The van der Waals surface area contributed by atoms with Crippen LogP contribution in [-0.2, 0) is 11.3 Å². The van der Waals surface area contributed by atoms with Gasteiger partial charge in [-0.15, -0.1) is 0 Å².